The van der Waals surface area contributed by atoms with E-state index in [9.17, 15) is 8.78 Å². The molecule has 0 amide bonds. The molecule has 7 heteroatoms. The average molecular weight is 365 g/mol. The van der Waals surface area contributed by atoms with Crippen molar-refractivity contribution in [1.29, 1.82) is 0 Å². The highest BCUT2D eigenvalue weighted by Crippen LogP contribution is 2.17. The van der Waals surface area contributed by atoms with E-state index in [2.05, 4.69) is 32.4 Å². The minimum absolute atomic E-state index is 0.108. The van der Waals surface area contributed by atoms with Crippen molar-refractivity contribution < 1.29 is 13.5 Å². The second-order valence-electron chi connectivity index (χ2n) is 5.72. The Hall–Kier alpha value is -2.25. The fourth-order valence-electron chi connectivity index (χ4n) is 2.30. The summed E-state index contributed by atoms with van der Waals surface area (Å²) in [5.41, 5.74) is 3.10. The van der Waals surface area contributed by atoms with Crippen molar-refractivity contribution >= 4 is 23.0 Å². The molecule has 0 saturated carbocycles. The average Bonchev–Trinajstić information content (AvgIpc) is 2.55. The molecule has 0 radical (unpaired) electrons. The highest BCUT2D eigenvalue weighted by atomic mass is 32.1. The van der Waals surface area contributed by atoms with Crippen molar-refractivity contribution in [3.05, 3.63) is 59.7 Å². The van der Waals surface area contributed by atoms with Crippen LogP contribution in [0.4, 0.5) is 14.5 Å². The second kappa shape index (κ2) is 9.29. The number of benzene rings is 2. The molecule has 0 heterocycles. The highest BCUT2D eigenvalue weighted by molar-refractivity contribution is 7.80. The van der Waals surface area contributed by atoms with E-state index in [1.54, 1.807) is 12.1 Å². The maximum atomic E-state index is 12.1. The first-order valence-corrected chi connectivity index (χ1v) is 8.16. The van der Waals surface area contributed by atoms with Crippen LogP contribution in [0.25, 0.3) is 0 Å². The third kappa shape index (κ3) is 6.64. The number of ether oxygens (including phenoxy) is 1. The molecule has 2 N–H and O–H groups in total. The molecule has 25 heavy (non-hydrogen) atoms. The fraction of sp³-hybridized carbons (Fsp3) is 0.278. The zero-order chi connectivity index (χ0) is 18.2. The zero-order valence-electron chi connectivity index (χ0n) is 14.1. The lowest BCUT2D eigenvalue weighted by Crippen LogP contribution is -2.28. The van der Waals surface area contributed by atoms with Crippen LogP contribution in [0, 0.1) is 0 Å². The summed E-state index contributed by atoms with van der Waals surface area (Å²) in [6.45, 7) is -1.38. The van der Waals surface area contributed by atoms with Crippen LogP contribution < -0.4 is 15.4 Å². The summed E-state index contributed by atoms with van der Waals surface area (Å²) in [7, 11) is 4.05. The van der Waals surface area contributed by atoms with E-state index in [-0.39, 0.29) is 5.75 Å². The van der Waals surface area contributed by atoms with Gasteiger partial charge in [-0.15, -0.1) is 0 Å². The van der Waals surface area contributed by atoms with Crippen molar-refractivity contribution in [2.75, 3.05) is 19.4 Å². The maximum Gasteiger partial charge on any atom is 0.387 e. The minimum Gasteiger partial charge on any atom is -0.435 e. The predicted molar refractivity (Wildman–Crippen MR) is 100.0 cm³/mol. The van der Waals surface area contributed by atoms with Gasteiger partial charge in [-0.1, -0.05) is 24.3 Å². The van der Waals surface area contributed by atoms with Crippen LogP contribution in [-0.4, -0.2) is 30.7 Å². The Labute approximate surface area is 151 Å². The molecule has 2 rings (SSSR count). The summed E-state index contributed by atoms with van der Waals surface area (Å²) in [5.74, 6) is 0.108. The molecule has 2 aromatic carbocycles. The molecule has 0 aliphatic heterocycles. The lowest BCUT2D eigenvalue weighted by Gasteiger charge is -2.16. The first-order valence-electron chi connectivity index (χ1n) is 7.75. The standard InChI is InChI=1S/C18H21F2N3OS/c1-23(2)12-14-6-4-3-5-13(14)11-21-18(25)22-15-7-9-16(10-8-15)24-17(19)20/h3-10,17H,11-12H2,1-2H3,(H2,21,22,25). The highest BCUT2D eigenvalue weighted by Gasteiger charge is 2.06. The third-order valence-corrected chi connectivity index (χ3v) is 3.63. The van der Waals surface area contributed by atoms with E-state index in [0.717, 1.165) is 6.54 Å². The van der Waals surface area contributed by atoms with E-state index < -0.39 is 6.61 Å². The molecular weight excluding hydrogens is 344 g/mol. The molecule has 0 aliphatic carbocycles. The van der Waals surface area contributed by atoms with Crippen LogP contribution >= 0.6 is 12.2 Å². The number of halogens is 2. The fourth-order valence-corrected chi connectivity index (χ4v) is 2.49. The lowest BCUT2D eigenvalue weighted by atomic mass is 10.1. The first-order chi connectivity index (χ1) is 11.9. The lowest BCUT2D eigenvalue weighted by molar-refractivity contribution is -0.0498. The molecule has 0 bridgehead atoms. The molecule has 0 spiro atoms. The SMILES string of the molecule is CN(C)Cc1ccccc1CNC(=S)Nc1ccc(OC(F)F)cc1. The molecule has 0 aliphatic rings. The Morgan fingerprint density at radius 2 is 1.72 bits per heavy atom. The molecule has 0 unspecified atom stereocenters. The van der Waals surface area contributed by atoms with Crippen molar-refractivity contribution in [2.45, 2.75) is 19.7 Å². The van der Waals surface area contributed by atoms with Crippen LogP contribution in [-0.2, 0) is 13.1 Å². The quantitative estimate of drug-likeness (QED) is 0.729. The van der Waals surface area contributed by atoms with Gasteiger partial charge in [-0.3, -0.25) is 0 Å². The number of hydrogen-bond donors (Lipinski definition) is 2. The van der Waals surface area contributed by atoms with Gasteiger partial charge >= 0.3 is 6.61 Å². The third-order valence-electron chi connectivity index (χ3n) is 3.38. The number of thiocarbonyl (C=S) groups is 1. The predicted octanol–water partition coefficient (Wildman–Crippen LogP) is 3.84. The largest absolute Gasteiger partial charge is 0.435 e. The van der Waals surface area contributed by atoms with E-state index in [4.69, 9.17) is 12.2 Å². The number of anilines is 1. The van der Waals surface area contributed by atoms with Gasteiger partial charge in [0.05, 0.1) is 0 Å². The Morgan fingerprint density at radius 1 is 1.08 bits per heavy atom. The molecule has 4 nitrogen and oxygen atoms in total. The normalized spacial score (nSPS) is 10.8. The summed E-state index contributed by atoms with van der Waals surface area (Å²) >= 11 is 5.29. The van der Waals surface area contributed by atoms with Gasteiger partial charge in [0, 0.05) is 18.8 Å². The Kier molecular flexibility index (Phi) is 7.09. The van der Waals surface area contributed by atoms with Crippen LogP contribution in [0.3, 0.4) is 0 Å². The monoisotopic (exact) mass is 365 g/mol. The number of alkyl halides is 2. The summed E-state index contributed by atoms with van der Waals surface area (Å²) < 4.78 is 28.6. The van der Waals surface area contributed by atoms with Crippen LogP contribution in [0.5, 0.6) is 5.75 Å². The van der Waals surface area contributed by atoms with Crippen molar-refractivity contribution in [1.82, 2.24) is 10.2 Å². The van der Waals surface area contributed by atoms with Crippen molar-refractivity contribution in [2.24, 2.45) is 0 Å². The second-order valence-corrected chi connectivity index (χ2v) is 6.13. The summed E-state index contributed by atoms with van der Waals surface area (Å²) in [4.78, 5) is 2.11. The number of hydrogen-bond acceptors (Lipinski definition) is 3. The van der Waals surface area contributed by atoms with Gasteiger partial charge in [0.1, 0.15) is 5.75 Å². The summed E-state index contributed by atoms with van der Waals surface area (Å²) in [6, 6.07) is 14.3. The molecule has 0 fully saturated rings. The van der Waals surface area contributed by atoms with Gasteiger partial charge < -0.3 is 20.3 Å². The number of nitrogens with zero attached hydrogens (tertiary/aromatic N) is 1. The van der Waals surface area contributed by atoms with Gasteiger partial charge in [-0.05, 0) is 61.7 Å². The summed E-state index contributed by atoms with van der Waals surface area (Å²) in [6.07, 6.45) is 0. The topological polar surface area (TPSA) is 36.5 Å². The minimum atomic E-state index is -2.83. The maximum absolute atomic E-state index is 12.1. The van der Waals surface area contributed by atoms with E-state index >= 15 is 0 Å². The Morgan fingerprint density at radius 3 is 2.32 bits per heavy atom. The number of rotatable bonds is 7. The van der Waals surface area contributed by atoms with Gasteiger partial charge in [0.2, 0.25) is 0 Å². The van der Waals surface area contributed by atoms with E-state index in [0.29, 0.717) is 17.3 Å². The first kappa shape index (κ1) is 19.1. The smallest absolute Gasteiger partial charge is 0.387 e. The van der Waals surface area contributed by atoms with Gasteiger partial charge in [-0.2, -0.15) is 8.78 Å². The zero-order valence-corrected chi connectivity index (χ0v) is 14.9. The molecular formula is C18H21F2N3OS. The Balaban J connectivity index is 1.89. The van der Waals surface area contributed by atoms with E-state index in [1.807, 2.05) is 26.2 Å². The number of nitrogens with one attached hydrogen (secondary N) is 2. The van der Waals surface area contributed by atoms with E-state index in [1.165, 1.54) is 23.3 Å². The molecule has 2 aromatic rings. The molecule has 0 saturated heterocycles. The van der Waals surface area contributed by atoms with Crippen LogP contribution in [0.1, 0.15) is 11.1 Å². The van der Waals surface area contributed by atoms with Gasteiger partial charge in [0.25, 0.3) is 0 Å². The molecule has 0 atom stereocenters. The van der Waals surface area contributed by atoms with Gasteiger partial charge in [0.15, 0.2) is 5.11 Å². The van der Waals surface area contributed by atoms with Crippen molar-refractivity contribution in [3.63, 3.8) is 0 Å². The molecule has 0 aromatic heterocycles. The van der Waals surface area contributed by atoms with Crippen molar-refractivity contribution in [3.8, 4) is 5.75 Å². The van der Waals surface area contributed by atoms with Crippen LogP contribution in [0.2, 0.25) is 0 Å². The summed E-state index contributed by atoms with van der Waals surface area (Å²) in [5, 5.41) is 6.64. The van der Waals surface area contributed by atoms with Gasteiger partial charge in [-0.25, -0.2) is 0 Å². The van der Waals surface area contributed by atoms with Crippen LogP contribution in [0.15, 0.2) is 48.5 Å². The Bertz CT molecular complexity index is 693. The molecule has 134 valence electrons.